The molecule has 4 aromatic rings. The molecule has 0 unspecified atom stereocenters. The van der Waals surface area contributed by atoms with Crippen molar-refractivity contribution in [1.82, 2.24) is 20.3 Å². The lowest BCUT2D eigenvalue weighted by Crippen LogP contribution is -2.27. The van der Waals surface area contributed by atoms with Crippen molar-refractivity contribution in [3.05, 3.63) is 88.5 Å². The Bertz CT molecular complexity index is 1170. The number of ether oxygens (including phenoxy) is 1. The minimum absolute atomic E-state index is 0.0332. The van der Waals surface area contributed by atoms with Crippen molar-refractivity contribution in [1.29, 1.82) is 0 Å². The summed E-state index contributed by atoms with van der Waals surface area (Å²) in [6, 6.07) is 12.2. The molecule has 1 amide bonds. The fourth-order valence-corrected chi connectivity index (χ4v) is 2.63. The molecule has 8 heteroatoms. The van der Waals surface area contributed by atoms with Gasteiger partial charge in [0.2, 0.25) is 5.88 Å². The van der Waals surface area contributed by atoms with E-state index in [0.717, 1.165) is 11.1 Å². The van der Waals surface area contributed by atoms with Crippen LogP contribution in [0.4, 0.5) is 0 Å². The molecule has 0 saturated carbocycles. The van der Waals surface area contributed by atoms with E-state index in [2.05, 4.69) is 20.3 Å². The molecular formula is C20H16N4O4. The van der Waals surface area contributed by atoms with E-state index in [0.29, 0.717) is 23.4 Å². The third-order valence-corrected chi connectivity index (χ3v) is 4.05. The van der Waals surface area contributed by atoms with Gasteiger partial charge in [0.05, 0.1) is 23.4 Å². The molecule has 0 bridgehead atoms. The Morgan fingerprint density at radius 2 is 2.07 bits per heavy atom. The first-order valence-corrected chi connectivity index (χ1v) is 8.55. The lowest BCUT2D eigenvalue weighted by Gasteiger charge is -2.08. The van der Waals surface area contributed by atoms with Gasteiger partial charge in [0.15, 0.2) is 5.82 Å². The number of carbonyl (C=O) groups excluding carboxylic acids is 1. The number of hydrogen-bond acceptors (Lipinski definition) is 6. The molecule has 0 aliphatic rings. The average molecular weight is 376 g/mol. The lowest BCUT2D eigenvalue weighted by atomic mass is 10.2. The molecule has 3 heterocycles. The quantitative estimate of drug-likeness (QED) is 0.535. The Balaban J connectivity index is 1.42. The molecule has 140 valence electrons. The third-order valence-electron chi connectivity index (χ3n) is 4.05. The topological polar surface area (TPSA) is 110 Å². The number of aromatic amines is 1. The van der Waals surface area contributed by atoms with Crippen LogP contribution in [0.3, 0.4) is 0 Å². The second-order valence-electron chi connectivity index (χ2n) is 6.04. The van der Waals surface area contributed by atoms with Crippen LogP contribution in [-0.2, 0) is 13.2 Å². The fraction of sp³-hybridized carbons (Fsp3) is 0.100. The van der Waals surface area contributed by atoms with Crippen LogP contribution in [0.5, 0.6) is 5.88 Å². The van der Waals surface area contributed by atoms with E-state index in [1.54, 1.807) is 61.2 Å². The molecule has 0 aliphatic heterocycles. The minimum Gasteiger partial charge on any atom is -0.473 e. The number of rotatable bonds is 6. The third kappa shape index (κ3) is 3.90. The average Bonchev–Trinajstić information content (AvgIpc) is 3.24. The molecule has 0 spiro atoms. The van der Waals surface area contributed by atoms with Crippen molar-refractivity contribution >= 4 is 16.8 Å². The van der Waals surface area contributed by atoms with Crippen LogP contribution < -0.4 is 15.6 Å². The van der Waals surface area contributed by atoms with Gasteiger partial charge in [-0.3, -0.25) is 9.59 Å². The van der Waals surface area contributed by atoms with Crippen molar-refractivity contribution in [3.8, 4) is 5.88 Å². The summed E-state index contributed by atoms with van der Waals surface area (Å²) in [4.78, 5) is 35.3. The van der Waals surface area contributed by atoms with Gasteiger partial charge in [-0.05, 0) is 29.8 Å². The van der Waals surface area contributed by atoms with Gasteiger partial charge < -0.3 is 19.5 Å². The molecule has 4 rings (SSSR count). The molecule has 0 atom stereocenters. The summed E-state index contributed by atoms with van der Waals surface area (Å²) < 4.78 is 10.6. The maximum absolute atomic E-state index is 12.4. The normalized spacial score (nSPS) is 10.7. The molecular weight excluding hydrogens is 360 g/mol. The Labute approximate surface area is 159 Å². The van der Waals surface area contributed by atoms with E-state index in [1.165, 1.54) is 0 Å². The van der Waals surface area contributed by atoms with Crippen molar-refractivity contribution in [2.24, 2.45) is 0 Å². The summed E-state index contributed by atoms with van der Waals surface area (Å²) >= 11 is 0. The van der Waals surface area contributed by atoms with Gasteiger partial charge in [-0.25, -0.2) is 9.97 Å². The van der Waals surface area contributed by atoms with Crippen molar-refractivity contribution in [3.63, 3.8) is 0 Å². The molecule has 0 saturated heterocycles. The van der Waals surface area contributed by atoms with Crippen LogP contribution in [0.15, 0.2) is 70.4 Å². The second kappa shape index (κ2) is 7.75. The number of H-pyrrole nitrogens is 1. The number of pyridine rings is 1. The zero-order valence-electron chi connectivity index (χ0n) is 14.7. The SMILES string of the molecule is O=C(NCc1ccnc(OCc2ccoc2)c1)c1nc2ccccc2c(=O)[nH]1. The van der Waals surface area contributed by atoms with Gasteiger partial charge in [-0.1, -0.05) is 12.1 Å². The Hall–Kier alpha value is -3.94. The smallest absolute Gasteiger partial charge is 0.287 e. The molecule has 0 fully saturated rings. The van der Waals surface area contributed by atoms with Crippen molar-refractivity contribution in [2.45, 2.75) is 13.2 Å². The summed E-state index contributed by atoms with van der Waals surface area (Å²) in [6.45, 7) is 0.571. The van der Waals surface area contributed by atoms with Crippen LogP contribution in [0, 0.1) is 0 Å². The number of para-hydroxylation sites is 1. The molecule has 0 aliphatic carbocycles. The second-order valence-corrected chi connectivity index (χ2v) is 6.04. The first-order valence-electron chi connectivity index (χ1n) is 8.55. The molecule has 2 N–H and O–H groups in total. The molecule has 3 aromatic heterocycles. The van der Waals surface area contributed by atoms with Gasteiger partial charge in [0, 0.05) is 24.4 Å². The number of amides is 1. The maximum Gasteiger partial charge on any atom is 0.287 e. The first-order chi connectivity index (χ1) is 13.7. The first kappa shape index (κ1) is 17.5. The molecule has 28 heavy (non-hydrogen) atoms. The number of furan rings is 1. The molecule has 0 radical (unpaired) electrons. The minimum atomic E-state index is -0.472. The van der Waals surface area contributed by atoms with Crippen molar-refractivity contribution in [2.75, 3.05) is 0 Å². The van der Waals surface area contributed by atoms with Crippen LogP contribution in [-0.4, -0.2) is 20.9 Å². The number of nitrogens with zero attached hydrogens (tertiary/aromatic N) is 2. The largest absolute Gasteiger partial charge is 0.473 e. The van der Waals surface area contributed by atoms with E-state index in [-0.39, 0.29) is 17.9 Å². The van der Waals surface area contributed by atoms with Gasteiger partial charge in [-0.2, -0.15) is 0 Å². The Morgan fingerprint density at radius 1 is 1.18 bits per heavy atom. The van der Waals surface area contributed by atoms with Crippen LogP contribution in [0.2, 0.25) is 0 Å². The van der Waals surface area contributed by atoms with Crippen LogP contribution in [0.25, 0.3) is 10.9 Å². The summed E-state index contributed by atoms with van der Waals surface area (Å²) in [7, 11) is 0. The standard InChI is InChI=1S/C20H16N4O4/c25-19-15-3-1-2-4-16(15)23-18(24-19)20(26)22-10-13-5-7-21-17(9-13)28-12-14-6-8-27-11-14/h1-9,11H,10,12H2,(H,22,26)(H,23,24,25). The number of carbonyl (C=O) groups is 1. The zero-order chi connectivity index (χ0) is 19.3. The molecule has 8 nitrogen and oxygen atoms in total. The Morgan fingerprint density at radius 3 is 2.93 bits per heavy atom. The van der Waals surface area contributed by atoms with Gasteiger partial charge >= 0.3 is 0 Å². The fourth-order valence-electron chi connectivity index (χ4n) is 2.63. The van der Waals surface area contributed by atoms with Crippen LogP contribution >= 0.6 is 0 Å². The number of nitrogens with one attached hydrogen (secondary N) is 2. The summed E-state index contributed by atoms with van der Waals surface area (Å²) in [5.74, 6) is -0.0695. The van der Waals surface area contributed by atoms with Gasteiger partial charge in [0.1, 0.15) is 6.61 Å². The summed E-state index contributed by atoms with van der Waals surface area (Å²) in [5.41, 5.74) is 1.81. The number of aromatic nitrogens is 3. The monoisotopic (exact) mass is 376 g/mol. The van der Waals surface area contributed by atoms with E-state index in [1.807, 2.05) is 0 Å². The van der Waals surface area contributed by atoms with E-state index >= 15 is 0 Å². The summed E-state index contributed by atoms with van der Waals surface area (Å²) in [5, 5.41) is 3.17. The lowest BCUT2D eigenvalue weighted by molar-refractivity contribution is 0.0940. The van der Waals surface area contributed by atoms with E-state index in [4.69, 9.17) is 9.15 Å². The highest BCUT2D eigenvalue weighted by Gasteiger charge is 2.11. The predicted octanol–water partition coefficient (Wildman–Crippen LogP) is 2.42. The number of benzene rings is 1. The molecule has 1 aromatic carbocycles. The highest BCUT2D eigenvalue weighted by molar-refractivity contribution is 5.92. The number of fused-ring (bicyclic) bond motifs is 1. The maximum atomic E-state index is 12.4. The summed E-state index contributed by atoms with van der Waals surface area (Å²) in [6.07, 6.45) is 4.77. The van der Waals surface area contributed by atoms with Gasteiger partial charge in [-0.15, -0.1) is 0 Å². The van der Waals surface area contributed by atoms with Gasteiger partial charge in [0.25, 0.3) is 11.5 Å². The number of hydrogen-bond donors (Lipinski definition) is 2. The van der Waals surface area contributed by atoms with Crippen molar-refractivity contribution < 1.29 is 13.9 Å². The predicted molar refractivity (Wildman–Crippen MR) is 101 cm³/mol. The Kier molecular flexibility index (Phi) is 4.83. The highest BCUT2D eigenvalue weighted by atomic mass is 16.5. The van der Waals surface area contributed by atoms with Crippen LogP contribution in [0.1, 0.15) is 21.7 Å². The highest BCUT2D eigenvalue weighted by Crippen LogP contribution is 2.12. The van der Waals surface area contributed by atoms with E-state index < -0.39 is 5.91 Å². The zero-order valence-corrected chi connectivity index (χ0v) is 14.7. The van der Waals surface area contributed by atoms with E-state index in [9.17, 15) is 9.59 Å².